The largest absolute Gasteiger partial charge is 0.316 e. The molecule has 4 heteroatoms. The summed E-state index contributed by atoms with van der Waals surface area (Å²) in [6.45, 7) is 1.94. The third-order valence-electron chi connectivity index (χ3n) is 2.42. The van der Waals surface area contributed by atoms with Crippen molar-refractivity contribution in [1.29, 1.82) is 0 Å². The molecule has 1 nitrogen and oxygen atoms in total. The van der Waals surface area contributed by atoms with Crippen LogP contribution in [0.5, 0.6) is 0 Å². The molecule has 0 bridgehead atoms. The molecule has 1 aliphatic rings. The second kappa shape index (κ2) is 4.96. The lowest BCUT2D eigenvalue weighted by Gasteiger charge is -2.08. The Morgan fingerprint density at radius 2 is 2.14 bits per heavy atom. The van der Waals surface area contributed by atoms with E-state index in [0.717, 1.165) is 25.1 Å². The first-order valence-electron chi connectivity index (χ1n) is 4.42. The van der Waals surface area contributed by atoms with Crippen molar-refractivity contribution in [2.45, 2.75) is 12.3 Å². The molecule has 1 aliphatic heterocycles. The first kappa shape index (κ1) is 11.8. The molecular formula is C10H12Cl2FN. The maximum Gasteiger partial charge on any atom is 0.124 e. The molecule has 0 aromatic heterocycles. The van der Waals surface area contributed by atoms with E-state index in [-0.39, 0.29) is 18.2 Å². The van der Waals surface area contributed by atoms with Gasteiger partial charge in [-0.2, -0.15) is 0 Å². The number of rotatable bonds is 1. The highest BCUT2D eigenvalue weighted by Gasteiger charge is 2.17. The zero-order valence-corrected chi connectivity index (χ0v) is 9.17. The average molecular weight is 236 g/mol. The lowest BCUT2D eigenvalue weighted by Crippen LogP contribution is -2.08. The first-order chi connectivity index (χ1) is 6.25. The Balaban J connectivity index is 0.000000980. The summed E-state index contributed by atoms with van der Waals surface area (Å²) in [5, 5.41) is 3.73. The summed E-state index contributed by atoms with van der Waals surface area (Å²) < 4.78 is 13.0. The average Bonchev–Trinajstić information content (AvgIpc) is 2.53. The maximum absolute atomic E-state index is 13.0. The zero-order chi connectivity index (χ0) is 9.26. The van der Waals surface area contributed by atoms with Crippen molar-refractivity contribution in [3.63, 3.8) is 0 Å². The molecule has 14 heavy (non-hydrogen) atoms. The van der Waals surface area contributed by atoms with E-state index in [9.17, 15) is 4.39 Å². The van der Waals surface area contributed by atoms with Gasteiger partial charge in [0.2, 0.25) is 0 Å². The van der Waals surface area contributed by atoms with Crippen molar-refractivity contribution < 1.29 is 4.39 Å². The summed E-state index contributed by atoms with van der Waals surface area (Å²) in [5.74, 6) is 0.183. The molecule has 1 atom stereocenters. The van der Waals surface area contributed by atoms with E-state index < -0.39 is 0 Å². The van der Waals surface area contributed by atoms with Gasteiger partial charge in [0.25, 0.3) is 0 Å². The van der Waals surface area contributed by atoms with E-state index in [1.54, 1.807) is 6.07 Å². The SMILES string of the molecule is Cl.Fc1cc(Cl)cc(C2CCNC2)c1. The van der Waals surface area contributed by atoms with Crippen LogP contribution in [0.4, 0.5) is 4.39 Å². The van der Waals surface area contributed by atoms with Crippen LogP contribution in [-0.4, -0.2) is 13.1 Å². The van der Waals surface area contributed by atoms with Crippen LogP contribution < -0.4 is 5.32 Å². The standard InChI is InChI=1S/C10H11ClFN.ClH/c11-9-3-8(4-10(12)5-9)7-1-2-13-6-7;/h3-5,7,13H,1-2,6H2;1H. The van der Waals surface area contributed by atoms with Gasteiger partial charge < -0.3 is 5.32 Å². The van der Waals surface area contributed by atoms with Crippen molar-refractivity contribution in [2.24, 2.45) is 0 Å². The van der Waals surface area contributed by atoms with E-state index in [1.165, 1.54) is 6.07 Å². The van der Waals surface area contributed by atoms with E-state index in [0.29, 0.717) is 10.9 Å². The summed E-state index contributed by atoms with van der Waals surface area (Å²) in [5.41, 5.74) is 1.01. The van der Waals surface area contributed by atoms with Crippen molar-refractivity contribution in [3.05, 3.63) is 34.6 Å². The second-order valence-corrected chi connectivity index (χ2v) is 3.83. The minimum absolute atomic E-state index is 0. The first-order valence-corrected chi connectivity index (χ1v) is 4.80. The molecule has 1 aromatic carbocycles. The molecule has 1 fully saturated rings. The normalized spacial score (nSPS) is 20.6. The molecule has 1 heterocycles. The summed E-state index contributed by atoms with van der Waals surface area (Å²) in [4.78, 5) is 0. The van der Waals surface area contributed by atoms with Gasteiger partial charge in [-0.3, -0.25) is 0 Å². The van der Waals surface area contributed by atoms with Gasteiger partial charge in [0.05, 0.1) is 0 Å². The minimum atomic E-state index is -0.241. The monoisotopic (exact) mass is 235 g/mol. The molecular weight excluding hydrogens is 224 g/mol. The maximum atomic E-state index is 13.0. The fraction of sp³-hybridized carbons (Fsp3) is 0.400. The number of halogens is 3. The van der Waals surface area contributed by atoms with Gasteiger partial charge in [0.15, 0.2) is 0 Å². The van der Waals surface area contributed by atoms with Crippen LogP contribution >= 0.6 is 24.0 Å². The van der Waals surface area contributed by atoms with Gasteiger partial charge in [-0.25, -0.2) is 4.39 Å². The van der Waals surface area contributed by atoms with E-state index >= 15 is 0 Å². The number of hydrogen-bond donors (Lipinski definition) is 1. The molecule has 0 radical (unpaired) electrons. The molecule has 0 amide bonds. The van der Waals surface area contributed by atoms with Crippen LogP contribution in [-0.2, 0) is 0 Å². The number of nitrogens with one attached hydrogen (secondary N) is 1. The van der Waals surface area contributed by atoms with Gasteiger partial charge in [0.1, 0.15) is 5.82 Å². The summed E-state index contributed by atoms with van der Waals surface area (Å²) in [7, 11) is 0. The molecule has 0 saturated carbocycles. The van der Waals surface area contributed by atoms with Crippen molar-refractivity contribution >= 4 is 24.0 Å². The summed E-state index contributed by atoms with van der Waals surface area (Å²) in [6, 6.07) is 4.76. The Morgan fingerprint density at radius 1 is 1.36 bits per heavy atom. The quantitative estimate of drug-likeness (QED) is 0.790. The van der Waals surface area contributed by atoms with Crippen molar-refractivity contribution in [3.8, 4) is 0 Å². The van der Waals surface area contributed by atoms with Gasteiger partial charge in [-0.15, -0.1) is 12.4 Å². The van der Waals surface area contributed by atoms with Gasteiger partial charge >= 0.3 is 0 Å². The third kappa shape index (κ3) is 2.59. The lowest BCUT2D eigenvalue weighted by atomic mass is 9.98. The highest BCUT2D eigenvalue weighted by atomic mass is 35.5. The van der Waals surface area contributed by atoms with Crippen molar-refractivity contribution in [2.75, 3.05) is 13.1 Å². The van der Waals surface area contributed by atoms with Crippen LogP contribution in [0.15, 0.2) is 18.2 Å². The van der Waals surface area contributed by atoms with Crippen molar-refractivity contribution in [1.82, 2.24) is 5.32 Å². The van der Waals surface area contributed by atoms with E-state index in [4.69, 9.17) is 11.6 Å². The van der Waals surface area contributed by atoms with Crippen LogP contribution in [0.3, 0.4) is 0 Å². The van der Waals surface area contributed by atoms with Crippen LogP contribution in [0.1, 0.15) is 17.9 Å². The van der Waals surface area contributed by atoms with Gasteiger partial charge in [-0.05, 0) is 42.6 Å². The molecule has 1 N–H and O–H groups in total. The number of benzene rings is 1. The van der Waals surface area contributed by atoms with Crippen LogP contribution in [0.2, 0.25) is 5.02 Å². The predicted molar refractivity (Wildman–Crippen MR) is 58.9 cm³/mol. The third-order valence-corrected chi connectivity index (χ3v) is 2.63. The lowest BCUT2D eigenvalue weighted by molar-refractivity contribution is 0.621. The smallest absolute Gasteiger partial charge is 0.124 e. The second-order valence-electron chi connectivity index (χ2n) is 3.39. The molecule has 1 saturated heterocycles. The van der Waals surface area contributed by atoms with Gasteiger partial charge in [0, 0.05) is 11.6 Å². The highest BCUT2D eigenvalue weighted by molar-refractivity contribution is 6.30. The molecule has 1 aromatic rings. The topological polar surface area (TPSA) is 12.0 Å². The van der Waals surface area contributed by atoms with Gasteiger partial charge in [-0.1, -0.05) is 11.6 Å². The molecule has 0 spiro atoms. The number of hydrogen-bond acceptors (Lipinski definition) is 1. The molecule has 2 rings (SSSR count). The van der Waals surface area contributed by atoms with Crippen LogP contribution in [0.25, 0.3) is 0 Å². The Kier molecular flexibility index (Phi) is 4.17. The Labute approximate surface area is 94.1 Å². The predicted octanol–water partition coefficient (Wildman–Crippen LogP) is 2.98. The zero-order valence-electron chi connectivity index (χ0n) is 7.59. The van der Waals surface area contributed by atoms with E-state index in [1.807, 2.05) is 6.07 Å². The Bertz CT molecular complexity index is 291. The van der Waals surface area contributed by atoms with E-state index in [2.05, 4.69) is 5.32 Å². The fourth-order valence-electron chi connectivity index (χ4n) is 1.75. The molecule has 0 aliphatic carbocycles. The van der Waals surface area contributed by atoms with Crippen LogP contribution in [0, 0.1) is 5.82 Å². The molecule has 1 unspecified atom stereocenters. The fourth-order valence-corrected chi connectivity index (χ4v) is 1.98. The Hall–Kier alpha value is -0.310. The molecule has 78 valence electrons. The Morgan fingerprint density at radius 3 is 2.71 bits per heavy atom. The highest BCUT2D eigenvalue weighted by Crippen LogP contribution is 2.25. The minimum Gasteiger partial charge on any atom is -0.316 e. The summed E-state index contributed by atoms with van der Waals surface area (Å²) >= 11 is 5.77. The summed E-state index contributed by atoms with van der Waals surface area (Å²) in [6.07, 6.45) is 1.07.